The number of methoxy groups -OCH3 is 1. The molecule has 1 aromatic heterocycles. The SMILES string of the molecule is COc1ccc(CCNC(=O)c2ccc(Nc3ccccc3C)cn2)cc1. The van der Waals surface area contributed by atoms with Crippen LogP contribution in [0.1, 0.15) is 21.6 Å². The Labute approximate surface area is 159 Å². The van der Waals surface area contributed by atoms with Gasteiger partial charge in [0.2, 0.25) is 0 Å². The zero-order valence-corrected chi connectivity index (χ0v) is 15.5. The molecule has 27 heavy (non-hydrogen) atoms. The molecule has 0 radical (unpaired) electrons. The Morgan fingerprint density at radius 2 is 1.81 bits per heavy atom. The van der Waals surface area contributed by atoms with Crippen LogP contribution in [-0.4, -0.2) is 24.5 Å². The first-order valence-corrected chi connectivity index (χ1v) is 8.85. The third kappa shape index (κ3) is 5.07. The number of carbonyl (C=O) groups is 1. The van der Waals surface area contributed by atoms with Gasteiger partial charge >= 0.3 is 0 Å². The summed E-state index contributed by atoms with van der Waals surface area (Å²) in [6.07, 6.45) is 2.42. The van der Waals surface area contributed by atoms with Crippen LogP contribution in [0.5, 0.6) is 5.75 Å². The second kappa shape index (κ2) is 8.85. The molecule has 2 aromatic carbocycles. The van der Waals surface area contributed by atoms with Crippen molar-refractivity contribution in [1.29, 1.82) is 0 Å². The minimum atomic E-state index is -0.175. The molecule has 0 saturated heterocycles. The van der Waals surface area contributed by atoms with E-state index in [0.29, 0.717) is 12.2 Å². The van der Waals surface area contributed by atoms with E-state index in [0.717, 1.165) is 34.7 Å². The molecule has 0 unspecified atom stereocenters. The topological polar surface area (TPSA) is 63.2 Å². The first-order chi connectivity index (χ1) is 13.2. The Balaban J connectivity index is 1.52. The molecule has 0 aliphatic carbocycles. The van der Waals surface area contributed by atoms with Gasteiger partial charge in [-0.1, -0.05) is 30.3 Å². The van der Waals surface area contributed by atoms with E-state index in [-0.39, 0.29) is 5.91 Å². The molecule has 0 saturated carbocycles. The predicted molar refractivity (Wildman–Crippen MR) is 108 cm³/mol. The third-order valence-electron chi connectivity index (χ3n) is 4.28. The number of benzene rings is 2. The third-order valence-corrected chi connectivity index (χ3v) is 4.28. The van der Waals surface area contributed by atoms with Crippen LogP contribution < -0.4 is 15.4 Å². The highest BCUT2D eigenvalue weighted by Crippen LogP contribution is 2.19. The summed E-state index contributed by atoms with van der Waals surface area (Å²) in [6.45, 7) is 2.59. The summed E-state index contributed by atoms with van der Waals surface area (Å²) < 4.78 is 5.14. The van der Waals surface area contributed by atoms with Crippen LogP contribution in [0.25, 0.3) is 0 Å². The molecule has 0 atom stereocenters. The molecule has 2 N–H and O–H groups in total. The minimum Gasteiger partial charge on any atom is -0.497 e. The fourth-order valence-corrected chi connectivity index (χ4v) is 2.67. The van der Waals surface area contributed by atoms with Crippen molar-refractivity contribution < 1.29 is 9.53 Å². The lowest BCUT2D eigenvalue weighted by atomic mass is 10.1. The van der Waals surface area contributed by atoms with Crippen molar-refractivity contribution in [3.8, 4) is 5.75 Å². The number of amides is 1. The summed E-state index contributed by atoms with van der Waals surface area (Å²) in [5.41, 5.74) is 4.56. The van der Waals surface area contributed by atoms with Crippen LogP contribution in [-0.2, 0) is 6.42 Å². The molecule has 1 heterocycles. The van der Waals surface area contributed by atoms with Gasteiger partial charge in [-0.25, -0.2) is 4.98 Å². The van der Waals surface area contributed by atoms with Gasteiger partial charge in [0.05, 0.1) is 19.0 Å². The van der Waals surface area contributed by atoms with Crippen molar-refractivity contribution in [3.63, 3.8) is 0 Å². The zero-order chi connectivity index (χ0) is 19.1. The van der Waals surface area contributed by atoms with E-state index in [2.05, 4.69) is 15.6 Å². The highest BCUT2D eigenvalue weighted by molar-refractivity contribution is 5.92. The highest BCUT2D eigenvalue weighted by Gasteiger charge is 2.07. The number of ether oxygens (including phenoxy) is 1. The predicted octanol–water partition coefficient (Wildman–Crippen LogP) is 4.11. The monoisotopic (exact) mass is 361 g/mol. The fourth-order valence-electron chi connectivity index (χ4n) is 2.67. The van der Waals surface area contributed by atoms with Crippen molar-refractivity contribution >= 4 is 17.3 Å². The van der Waals surface area contributed by atoms with Crippen molar-refractivity contribution in [2.24, 2.45) is 0 Å². The Morgan fingerprint density at radius 1 is 1.04 bits per heavy atom. The van der Waals surface area contributed by atoms with Gasteiger partial charge in [-0.3, -0.25) is 4.79 Å². The number of carbonyl (C=O) groups excluding carboxylic acids is 1. The van der Waals surface area contributed by atoms with Gasteiger partial charge in [0, 0.05) is 12.2 Å². The zero-order valence-electron chi connectivity index (χ0n) is 15.5. The van der Waals surface area contributed by atoms with Crippen LogP contribution >= 0.6 is 0 Å². The lowest BCUT2D eigenvalue weighted by Crippen LogP contribution is -2.26. The second-order valence-electron chi connectivity index (χ2n) is 6.23. The molecule has 0 fully saturated rings. The quantitative estimate of drug-likeness (QED) is 0.665. The number of aromatic nitrogens is 1. The Kier molecular flexibility index (Phi) is 6.05. The largest absolute Gasteiger partial charge is 0.497 e. The molecule has 3 aromatic rings. The normalized spacial score (nSPS) is 10.3. The van der Waals surface area contributed by atoms with Gasteiger partial charge in [0.1, 0.15) is 11.4 Å². The molecular weight excluding hydrogens is 338 g/mol. The Hall–Kier alpha value is -3.34. The number of anilines is 2. The summed E-state index contributed by atoms with van der Waals surface area (Å²) in [5.74, 6) is 0.650. The molecular formula is C22H23N3O2. The highest BCUT2D eigenvalue weighted by atomic mass is 16.5. The van der Waals surface area contributed by atoms with Gasteiger partial charge in [0.25, 0.3) is 5.91 Å². The molecule has 0 spiro atoms. The average Bonchev–Trinajstić information content (AvgIpc) is 2.71. The number of aryl methyl sites for hydroxylation is 1. The van der Waals surface area contributed by atoms with Crippen LogP contribution in [0.3, 0.4) is 0 Å². The molecule has 0 aliphatic rings. The maximum Gasteiger partial charge on any atom is 0.269 e. The number of rotatable bonds is 7. The maximum absolute atomic E-state index is 12.2. The van der Waals surface area contributed by atoms with Gasteiger partial charge in [-0.15, -0.1) is 0 Å². The van der Waals surface area contributed by atoms with E-state index in [1.165, 1.54) is 0 Å². The van der Waals surface area contributed by atoms with Gasteiger partial charge in [-0.2, -0.15) is 0 Å². The first-order valence-electron chi connectivity index (χ1n) is 8.85. The maximum atomic E-state index is 12.2. The van der Waals surface area contributed by atoms with E-state index in [1.54, 1.807) is 19.4 Å². The van der Waals surface area contributed by atoms with Crippen molar-refractivity contribution in [3.05, 3.63) is 83.7 Å². The Morgan fingerprint density at radius 3 is 2.48 bits per heavy atom. The Bertz CT molecular complexity index is 890. The molecule has 0 aliphatic heterocycles. The lowest BCUT2D eigenvalue weighted by molar-refractivity contribution is 0.0949. The van der Waals surface area contributed by atoms with E-state index in [1.807, 2.05) is 61.5 Å². The standard InChI is InChI=1S/C22H23N3O2/c1-16-5-3-4-6-20(16)25-18-9-12-21(24-15-18)22(26)23-14-13-17-7-10-19(27-2)11-8-17/h3-12,15,25H,13-14H2,1-2H3,(H,23,26). The van der Waals surface area contributed by atoms with Crippen molar-refractivity contribution in [2.75, 3.05) is 19.0 Å². The molecule has 5 nitrogen and oxygen atoms in total. The number of para-hydroxylation sites is 1. The van der Waals surface area contributed by atoms with Crippen molar-refractivity contribution in [2.45, 2.75) is 13.3 Å². The molecule has 1 amide bonds. The van der Waals surface area contributed by atoms with Crippen LogP contribution in [0.15, 0.2) is 66.9 Å². The number of pyridine rings is 1. The summed E-state index contributed by atoms with van der Waals surface area (Å²) in [5, 5.41) is 6.21. The van der Waals surface area contributed by atoms with E-state index < -0.39 is 0 Å². The number of nitrogens with zero attached hydrogens (tertiary/aromatic N) is 1. The first kappa shape index (κ1) is 18.5. The average molecular weight is 361 g/mol. The van der Waals surface area contributed by atoms with Crippen molar-refractivity contribution in [1.82, 2.24) is 10.3 Å². The van der Waals surface area contributed by atoms with E-state index in [4.69, 9.17) is 4.74 Å². The molecule has 3 rings (SSSR count). The smallest absolute Gasteiger partial charge is 0.269 e. The van der Waals surface area contributed by atoms with E-state index >= 15 is 0 Å². The van der Waals surface area contributed by atoms with Crippen LogP contribution in [0, 0.1) is 6.92 Å². The van der Waals surface area contributed by atoms with Gasteiger partial charge < -0.3 is 15.4 Å². The number of hydrogen-bond acceptors (Lipinski definition) is 4. The fraction of sp³-hybridized carbons (Fsp3) is 0.182. The van der Waals surface area contributed by atoms with Gasteiger partial charge in [0.15, 0.2) is 0 Å². The molecule has 5 heteroatoms. The summed E-state index contributed by atoms with van der Waals surface area (Å²) in [6, 6.07) is 19.4. The molecule has 0 bridgehead atoms. The lowest BCUT2D eigenvalue weighted by Gasteiger charge is -2.10. The summed E-state index contributed by atoms with van der Waals surface area (Å²) >= 11 is 0. The minimum absolute atomic E-state index is 0.175. The molecule has 138 valence electrons. The summed E-state index contributed by atoms with van der Waals surface area (Å²) in [7, 11) is 1.64. The van der Waals surface area contributed by atoms with Crippen LogP contribution in [0.2, 0.25) is 0 Å². The second-order valence-corrected chi connectivity index (χ2v) is 6.23. The van der Waals surface area contributed by atoms with E-state index in [9.17, 15) is 4.79 Å². The van der Waals surface area contributed by atoms with Gasteiger partial charge in [-0.05, 0) is 54.8 Å². The summed E-state index contributed by atoms with van der Waals surface area (Å²) in [4.78, 5) is 16.5. The number of nitrogens with one attached hydrogen (secondary N) is 2. The number of hydrogen-bond donors (Lipinski definition) is 2. The van der Waals surface area contributed by atoms with Crippen LogP contribution in [0.4, 0.5) is 11.4 Å².